The van der Waals surface area contributed by atoms with Gasteiger partial charge < -0.3 is 4.74 Å². The molecule has 2 heterocycles. The highest BCUT2D eigenvalue weighted by Gasteiger charge is 2.14. The lowest BCUT2D eigenvalue weighted by molar-refractivity contribution is 0.464. The lowest BCUT2D eigenvalue weighted by atomic mass is 10.1. The van der Waals surface area contributed by atoms with E-state index in [1.807, 2.05) is 38.1 Å². The van der Waals surface area contributed by atoms with E-state index in [0.717, 1.165) is 22.6 Å². The van der Waals surface area contributed by atoms with Gasteiger partial charge in [-0.2, -0.15) is 5.10 Å². The quantitative estimate of drug-likeness (QED) is 0.465. The first kappa shape index (κ1) is 16.8. The molecule has 0 N–H and O–H groups in total. The Balaban J connectivity index is 1.80. The van der Waals surface area contributed by atoms with Crippen LogP contribution in [0.1, 0.15) is 11.1 Å². The second-order valence-electron chi connectivity index (χ2n) is 5.94. The van der Waals surface area contributed by atoms with E-state index in [9.17, 15) is 0 Å². The number of aryl methyl sites for hydroxylation is 2. The molecule has 0 aliphatic carbocycles. The second kappa shape index (κ2) is 6.59. The van der Waals surface area contributed by atoms with Crippen molar-refractivity contribution in [3.8, 4) is 17.3 Å². The van der Waals surface area contributed by atoms with E-state index >= 15 is 0 Å². The molecule has 0 spiro atoms. The van der Waals surface area contributed by atoms with E-state index in [0.29, 0.717) is 27.0 Å². The minimum absolute atomic E-state index is 0.453. The third kappa shape index (κ3) is 3.00. The van der Waals surface area contributed by atoms with E-state index < -0.39 is 0 Å². The molecular formula is C19H14Cl2N4O. The van der Waals surface area contributed by atoms with Gasteiger partial charge >= 0.3 is 0 Å². The SMILES string of the molecule is Cc1ccc(C)c(Oc2ncnc3c2cnn3-c2ccc(Cl)c(Cl)c2)c1. The van der Waals surface area contributed by atoms with Crippen molar-refractivity contribution < 1.29 is 4.74 Å². The number of nitrogens with zero attached hydrogens (tertiary/aromatic N) is 4. The van der Waals surface area contributed by atoms with Crippen molar-refractivity contribution >= 4 is 34.2 Å². The Morgan fingerprint density at radius 2 is 1.81 bits per heavy atom. The van der Waals surface area contributed by atoms with Gasteiger partial charge in [-0.3, -0.25) is 0 Å². The minimum atomic E-state index is 0.453. The summed E-state index contributed by atoms with van der Waals surface area (Å²) in [6.45, 7) is 4.01. The van der Waals surface area contributed by atoms with Crippen LogP contribution in [0.4, 0.5) is 0 Å². The topological polar surface area (TPSA) is 52.8 Å². The average molecular weight is 385 g/mol. The Labute approximate surface area is 160 Å². The summed E-state index contributed by atoms with van der Waals surface area (Å²) in [5.41, 5.74) is 3.52. The van der Waals surface area contributed by atoms with Crippen molar-refractivity contribution in [2.45, 2.75) is 13.8 Å². The molecule has 130 valence electrons. The number of hydrogen-bond donors (Lipinski definition) is 0. The standard InChI is InChI=1S/C19H14Cl2N4O/c1-11-3-4-12(2)17(7-11)26-19-14-9-24-25(18(14)22-10-23-19)13-5-6-15(20)16(21)8-13/h3-10H,1-2H3. The molecule has 0 saturated carbocycles. The van der Waals surface area contributed by atoms with Gasteiger partial charge in [0.15, 0.2) is 5.65 Å². The summed E-state index contributed by atoms with van der Waals surface area (Å²) >= 11 is 12.1. The van der Waals surface area contributed by atoms with Crippen molar-refractivity contribution in [1.29, 1.82) is 0 Å². The Bertz CT molecular complexity index is 1120. The Kier molecular flexibility index (Phi) is 4.26. The normalized spacial score (nSPS) is 11.1. The van der Waals surface area contributed by atoms with Crippen molar-refractivity contribution in [3.05, 3.63) is 70.1 Å². The predicted octanol–water partition coefficient (Wildman–Crippen LogP) is 5.53. The van der Waals surface area contributed by atoms with E-state index in [2.05, 4.69) is 15.1 Å². The molecular weight excluding hydrogens is 371 g/mol. The maximum Gasteiger partial charge on any atom is 0.233 e. The number of halogens is 2. The van der Waals surface area contributed by atoms with Crippen LogP contribution in [0.3, 0.4) is 0 Å². The molecule has 26 heavy (non-hydrogen) atoms. The second-order valence-corrected chi connectivity index (χ2v) is 6.76. The summed E-state index contributed by atoms with van der Waals surface area (Å²) in [4.78, 5) is 8.62. The number of ether oxygens (including phenoxy) is 1. The highest BCUT2D eigenvalue weighted by atomic mass is 35.5. The lowest BCUT2D eigenvalue weighted by Gasteiger charge is -2.09. The molecule has 0 saturated heterocycles. The summed E-state index contributed by atoms with van der Waals surface area (Å²) in [7, 11) is 0. The molecule has 0 aliphatic rings. The minimum Gasteiger partial charge on any atom is -0.438 e. The largest absolute Gasteiger partial charge is 0.438 e. The molecule has 0 radical (unpaired) electrons. The summed E-state index contributed by atoms with van der Waals surface area (Å²) in [6.07, 6.45) is 3.14. The van der Waals surface area contributed by atoms with Crippen LogP contribution >= 0.6 is 23.2 Å². The fourth-order valence-corrected chi connectivity index (χ4v) is 2.92. The van der Waals surface area contributed by atoms with E-state index in [-0.39, 0.29) is 0 Å². The highest BCUT2D eigenvalue weighted by Crippen LogP contribution is 2.31. The summed E-state index contributed by atoms with van der Waals surface area (Å²) in [5.74, 6) is 1.21. The van der Waals surface area contributed by atoms with Gasteiger partial charge in [-0.1, -0.05) is 35.3 Å². The summed E-state index contributed by atoms with van der Waals surface area (Å²) < 4.78 is 7.72. The van der Waals surface area contributed by atoms with Gasteiger partial charge in [0.1, 0.15) is 17.5 Å². The van der Waals surface area contributed by atoms with E-state index in [1.165, 1.54) is 6.33 Å². The third-order valence-electron chi connectivity index (χ3n) is 4.03. The van der Waals surface area contributed by atoms with Crippen LogP contribution in [0.25, 0.3) is 16.7 Å². The molecule has 0 fully saturated rings. The van der Waals surface area contributed by atoms with Crippen LogP contribution < -0.4 is 4.74 Å². The predicted molar refractivity (Wildman–Crippen MR) is 103 cm³/mol. The Morgan fingerprint density at radius 3 is 2.62 bits per heavy atom. The van der Waals surface area contributed by atoms with Crippen molar-refractivity contribution in [2.75, 3.05) is 0 Å². The molecule has 5 nitrogen and oxygen atoms in total. The van der Waals surface area contributed by atoms with Gasteiger partial charge in [0, 0.05) is 0 Å². The van der Waals surface area contributed by atoms with E-state index in [1.54, 1.807) is 23.0 Å². The maximum atomic E-state index is 6.12. The van der Waals surface area contributed by atoms with Crippen molar-refractivity contribution in [2.24, 2.45) is 0 Å². The molecule has 7 heteroatoms. The average Bonchev–Trinajstić information content (AvgIpc) is 3.06. The van der Waals surface area contributed by atoms with Crippen LogP contribution in [-0.2, 0) is 0 Å². The molecule has 0 aliphatic heterocycles. The van der Waals surface area contributed by atoms with Crippen molar-refractivity contribution in [3.63, 3.8) is 0 Å². The van der Waals surface area contributed by atoms with Gasteiger partial charge in [-0.25, -0.2) is 14.6 Å². The zero-order valence-corrected chi connectivity index (χ0v) is 15.6. The fraction of sp³-hybridized carbons (Fsp3) is 0.105. The number of aromatic nitrogens is 4. The highest BCUT2D eigenvalue weighted by molar-refractivity contribution is 6.42. The summed E-state index contributed by atoms with van der Waals surface area (Å²) in [5, 5.41) is 6.06. The monoisotopic (exact) mass is 384 g/mol. The van der Waals surface area contributed by atoms with Crippen LogP contribution in [-0.4, -0.2) is 19.7 Å². The van der Waals surface area contributed by atoms with Crippen LogP contribution in [0.2, 0.25) is 10.0 Å². The molecule has 0 amide bonds. The first-order valence-corrected chi connectivity index (χ1v) is 8.68. The fourth-order valence-electron chi connectivity index (χ4n) is 2.63. The first-order chi connectivity index (χ1) is 12.5. The number of benzene rings is 2. The van der Waals surface area contributed by atoms with Crippen LogP contribution in [0.15, 0.2) is 48.9 Å². The number of rotatable bonds is 3. The zero-order valence-electron chi connectivity index (χ0n) is 14.1. The molecule has 0 bridgehead atoms. The first-order valence-electron chi connectivity index (χ1n) is 7.92. The number of fused-ring (bicyclic) bond motifs is 1. The Hall–Kier alpha value is -2.63. The zero-order chi connectivity index (χ0) is 18.3. The van der Waals surface area contributed by atoms with Crippen LogP contribution in [0.5, 0.6) is 11.6 Å². The van der Waals surface area contributed by atoms with Crippen molar-refractivity contribution in [1.82, 2.24) is 19.7 Å². The molecule has 2 aromatic heterocycles. The maximum absolute atomic E-state index is 6.12. The van der Waals surface area contributed by atoms with Crippen LogP contribution in [0, 0.1) is 13.8 Å². The summed E-state index contributed by atoms with van der Waals surface area (Å²) in [6, 6.07) is 11.3. The van der Waals surface area contributed by atoms with Gasteiger partial charge in [0.2, 0.25) is 5.88 Å². The van der Waals surface area contributed by atoms with E-state index in [4.69, 9.17) is 27.9 Å². The third-order valence-corrected chi connectivity index (χ3v) is 4.77. The molecule has 2 aromatic carbocycles. The number of hydrogen-bond acceptors (Lipinski definition) is 4. The molecule has 0 atom stereocenters. The molecule has 4 rings (SSSR count). The van der Waals surface area contributed by atoms with Gasteiger partial charge in [0.05, 0.1) is 21.9 Å². The molecule has 4 aromatic rings. The van der Waals surface area contributed by atoms with Gasteiger partial charge in [-0.15, -0.1) is 0 Å². The smallest absolute Gasteiger partial charge is 0.233 e. The molecule has 0 unspecified atom stereocenters. The van der Waals surface area contributed by atoms with Gasteiger partial charge in [0.25, 0.3) is 0 Å². The Morgan fingerprint density at radius 1 is 0.962 bits per heavy atom. The lowest BCUT2D eigenvalue weighted by Crippen LogP contribution is -1.98. The van der Waals surface area contributed by atoms with Gasteiger partial charge in [-0.05, 0) is 49.2 Å².